The van der Waals surface area contributed by atoms with Crippen LogP contribution in [0.5, 0.6) is 0 Å². The van der Waals surface area contributed by atoms with E-state index in [4.69, 9.17) is 0 Å². The fourth-order valence-corrected chi connectivity index (χ4v) is 4.46. The van der Waals surface area contributed by atoms with Crippen molar-refractivity contribution in [3.8, 4) is 0 Å². The van der Waals surface area contributed by atoms with Crippen LogP contribution < -0.4 is 16.0 Å². The molecule has 2 aliphatic heterocycles. The number of carbonyl (C=O) groups is 4. The molecule has 1 atom stereocenters. The van der Waals surface area contributed by atoms with E-state index in [0.717, 1.165) is 16.5 Å². The Morgan fingerprint density at radius 2 is 1.66 bits per heavy atom. The number of para-hydroxylation sites is 1. The lowest BCUT2D eigenvalue weighted by molar-refractivity contribution is -0.123. The van der Waals surface area contributed by atoms with E-state index in [1.165, 1.54) is 0 Å². The molecule has 3 heterocycles. The summed E-state index contributed by atoms with van der Waals surface area (Å²) >= 11 is 0. The molecule has 6 amide bonds. The van der Waals surface area contributed by atoms with Crippen molar-refractivity contribution in [3.05, 3.63) is 71.4 Å². The first-order valence-corrected chi connectivity index (χ1v) is 11.5. The summed E-state index contributed by atoms with van der Waals surface area (Å²) in [5.41, 5.74) is 1.89. The SMILES string of the molecule is CC1(c2ccc(CNC(=O)N3CCN(C(=O)c4cc5ccccc5[nH]4)CC3)cc2)NC(=O)NC1=O. The molecule has 1 unspecified atom stereocenters. The minimum atomic E-state index is -1.11. The van der Waals surface area contributed by atoms with Crippen LogP contribution in [0, 0.1) is 0 Å². The number of nitrogens with one attached hydrogen (secondary N) is 4. The van der Waals surface area contributed by atoms with E-state index in [0.29, 0.717) is 44.0 Å². The molecule has 10 heteroatoms. The molecule has 2 fully saturated rings. The third-order valence-electron chi connectivity index (χ3n) is 6.63. The van der Waals surface area contributed by atoms with E-state index >= 15 is 0 Å². The summed E-state index contributed by atoms with van der Waals surface area (Å²) in [5.74, 6) is -0.465. The van der Waals surface area contributed by atoms with Gasteiger partial charge in [-0.2, -0.15) is 0 Å². The molecule has 0 spiro atoms. The predicted octanol–water partition coefficient (Wildman–Crippen LogP) is 1.89. The van der Waals surface area contributed by atoms with Crippen molar-refractivity contribution >= 4 is 34.8 Å². The third kappa shape index (κ3) is 4.30. The summed E-state index contributed by atoms with van der Waals surface area (Å²) in [6.07, 6.45) is 0. The van der Waals surface area contributed by atoms with Gasteiger partial charge < -0.3 is 25.4 Å². The minimum Gasteiger partial charge on any atom is -0.351 e. The Morgan fingerprint density at radius 3 is 2.31 bits per heavy atom. The number of urea groups is 2. The van der Waals surface area contributed by atoms with Gasteiger partial charge >= 0.3 is 12.1 Å². The Labute approximate surface area is 201 Å². The third-order valence-corrected chi connectivity index (χ3v) is 6.63. The van der Waals surface area contributed by atoms with E-state index in [1.54, 1.807) is 28.9 Å². The Balaban J connectivity index is 1.12. The standard InChI is InChI=1S/C25H26N6O4/c1-25(22(33)28-23(34)29-25)18-8-6-16(7-9-18)15-26-24(35)31-12-10-30(11-13-31)21(32)20-14-17-4-2-3-5-19(17)27-20/h2-9,14,27H,10-13,15H2,1H3,(H,26,35)(H2,28,29,33,34). The van der Waals surface area contributed by atoms with E-state index in [-0.39, 0.29) is 11.9 Å². The van der Waals surface area contributed by atoms with Gasteiger partial charge in [0.25, 0.3) is 11.8 Å². The Morgan fingerprint density at radius 1 is 0.971 bits per heavy atom. The quantitative estimate of drug-likeness (QED) is 0.431. The van der Waals surface area contributed by atoms with Gasteiger partial charge in [0, 0.05) is 43.6 Å². The number of amides is 6. The number of piperazine rings is 1. The van der Waals surface area contributed by atoms with Crippen molar-refractivity contribution in [1.29, 1.82) is 0 Å². The van der Waals surface area contributed by atoms with Crippen LogP contribution in [-0.4, -0.2) is 64.8 Å². The van der Waals surface area contributed by atoms with E-state index < -0.39 is 17.5 Å². The van der Waals surface area contributed by atoms with Crippen molar-refractivity contribution in [2.24, 2.45) is 0 Å². The van der Waals surface area contributed by atoms with Gasteiger partial charge in [0.15, 0.2) is 0 Å². The normalized spacial score (nSPS) is 20.0. The second-order valence-corrected chi connectivity index (χ2v) is 8.94. The summed E-state index contributed by atoms with van der Waals surface area (Å²) in [6, 6.07) is 16.1. The molecule has 4 N–H and O–H groups in total. The molecule has 2 aliphatic rings. The monoisotopic (exact) mass is 474 g/mol. The number of imide groups is 1. The van der Waals surface area contributed by atoms with Crippen molar-refractivity contribution in [3.63, 3.8) is 0 Å². The van der Waals surface area contributed by atoms with Crippen LogP contribution in [0.3, 0.4) is 0 Å². The Bertz CT molecular complexity index is 1280. The van der Waals surface area contributed by atoms with Crippen LogP contribution >= 0.6 is 0 Å². The maximum absolute atomic E-state index is 12.9. The lowest BCUT2D eigenvalue weighted by atomic mass is 9.91. The zero-order valence-corrected chi connectivity index (χ0v) is 19.3. The second kappa shape index (κ2) is 8.79. The maximum Gasteiger partial charge on any atom is 0.322 e. The molecule has 10 nitrogen and oxygen atoms in total. The fourth-order valence-electron chi connectivity index (χ4n) is 4.46. The lowest BCUT2D eigenvalue weighted by Gasteiger charge is -2.34. The molecule has 5 rings (SSSR count). The number of H-pyrrole nitrogens is 1. The lowest BCUT2D eigenvalue weighted by Crippen LogP contribution is -2.53. The molecular formula is C25H26N6O4. The van der Waals surface area contributed by atoms with Gasteiger partial charge in [-0.3, -0.25) is 14.9 Å². The predicted molar refractivity (Wildman–Crippen MR) is 128 cm³/mol. The van der Waals surface area contributed by atoms with Crippen LogP contribution in [0.2, 0.25) is 0 Å². The first-order chi connectivity index (χ1) is 16.8. The molecular weight excluding hydrogens is 448 g/mol. The highest BCUT2D eigenvalue weighted by Crippen LogP contribution is 2.24. The number of hydrogen-bond donors (Lipinski definition) is 4. The highest BCUT2D eigenvalue weighted by atomic mass is 16.2. The number of aromatic amines is 1. The number of benzene rings is 2. The van der Waals surface area contributed by atoms with E-state index in [1.807, 2.05) is 42.5 Å². The summed E-state index contributed by atoms with van der Waals surface area (Å²) in [7, 11) is 0. The average molecular weight is 475 g/mol. The summed E-state index contributed by atoms with van der Waals surface area (Å²) < 4.78 is 0. The van der Waals surface area contributed by atoms with E-state index in [9.17, 15) is 19.2 Å². The Hall–Kier alpha value is -4.34. The zero-order valence-electron chi connectivity index (χ0n) is 19.3. The largest absolute Gasteiger partial charge is 0.351 e. The molecule has 0 saturated carbocycles. The molecule has 2 saturated heterocycles. The number of aromatic nitrogens is 1. The maximum atomic E-state index is 12.9. The van der Waals surface area contributed by atoms with Crippen LogP contribution in [0.15, 0.2) is 54.6 Å². The molecule has 0 bridgehead atoms. The fraction of sp³-hybridized carbons (Fsp3) is 0.280. The second-order valence-electron chi connectivity index (χ2n) is 8.94. The average Bonchev–Trinajstić information content (AvgIpc) is 3.42. The zero-order chi connectivity index (χ0) is 24.6. The first kappa shape index (κ1) is 22.5. The van der Waals surface area contributed by atoms with Crippen molar-refractivity contribution < 1.29 is 19.2 Å². The van der Waals surface area contributed by atoms with Crippen LogP contribution in [0.4, 0.5) is 9.59 Å². The number of carbonyl (C=O) groups excluding carboxylic acids is 4. The molecule has 35 heavy (non-hydrogen) atoms. The highest BCUT2D eigenvalue weighted by molar-refractivity contribution is 6.07. The van der Waals surface area contributed by atoms with Gasteiger partial charge in [0.05, 0.1) is 0 Å². The number of nitrogens with zero attached hydrogens (tertiary/aromatic N) is 2. The van der Waals surface area contributed by atoms with E-state index in [2.05, 4.69) is 20.9 Å². The van der Waals surface area contributed by atoms with Crippen molar-refractivity contribution in [2.75, 3.05) is 26.2 Å². The molecule has 0 radical (unpaired) electrons. The first-order valence-electron chi connectivity index (χ1n) is 11.5. The van der Waals surface area contributed by atoms with Gasteiger partial charge in [-0.15, -0.1) is 0 Å². The molecule has 0 aliphatic carbocycles. The van der Waals surface area contributed by atoms with Crippen molar-refractivity contribution in [2.45, 2.75) is 19.0 Å². The summed E-state index contributed by atoms with van der Waals surface area (Å²) in [6.45, 7) is 3.79. The summed E-state index contributed by atoms with van der Waals surface area (Å²) in [4.78, 5) is 55.7. The van der Waals surface area contributed by atoms with Gasteiger partial charge in [0.1, 0.15) is 11.2 Å². The molecule has 180 valence electrons. The van der Waals surface area contributed by atoms with Crippen LogP contribution in [0.1, 0.15) is 28.5 Å². The Kier molecular flexibility index (Phi) is 5.64. The minimum absolute atomic E-state index is 0.0674. The number of fused-ring (bicyclic) bond motifs is 1. The van der Waals surface area contributed by atoms with Gasteiger partial charge in [-0.05, 0) is 30.2 Å². The highest BCUT2D eigenvalue weighted by Gasteiger charge is 2.43. The topological polar surface area (TPSA) is 127 Å². The van der Waals surface area contributed by atoms with Crippen LogP contribution in [0.25, 0.3) is 10.9 Å². The van der Waals surface area contributed by atoms with Crippen molar-refractivity contribution in [1.82, 2.24) is 30.7 Å². The number of hydrogen-bond acceptors (Lipinski definition) is 4. The molecule has 2 aromatic carbocycles. The van der Waals surface area contributed by atoms with Crippen LogP contribution in [-0.2, 0) is 16.9 Å². The summed E-state index contributed by atoms with van der Waals surface area (Å²) in [5, 5.41) is 8.77. The molecule has 1 aromatic heterocycles. The smallest absolute Gasteiger partial charge is 0.322 e. The van der Waals surface area contributed by atoms with Gasteiger partial charge in [-0.1, -0.05) is 42.5 Å². The molecule has 3 aromatic rings. The van der Waals surface area contributed by atoms with Gasteiger partial charge in [0.2, 0.25) is 0 Å². The number of rotatable bonds is 4. The van der Waals surface area contributed by atoms with Gasteiger partial charge in [-0.25, -0.2) is 9.59 Å².